The number of nitrogens with zero attached hydrogens (tertiary/aromatic N) is 4. The monoisotopic (exact) mass is 720 g/mol. The van der Waals surface area contributed by atoms with E-state index in [0.29, 0.717) is 29.5 Å². The first kappa shape index (κ1) is 37.1. The number of rotatable bonds is 14. The predicted molar refractivity (Wildman–Crippen MR) is 205 cm³/mol. The van der Waals surface area contributed by atoms with Crippen molar-refractivity contribution in [3.63, 3.8) is 0 Å². The number of carbonyl (C=O) groups is 1. The Balaban J connectivity index is 1.21. The number of nitrogens with one attached hydrogen (secondary N) is 2. The molecule has 11 nitrogen and oxygen atoms in total. The second-order valence-electron chi connectivity index (χ2n) is 12.9. The summed E-state index contributed by atoms with van der Waals surface area (Å²) in [5.74, 6) is 0.766. The molecule has 1 aliphatic heterocycles. The lowest BCUT2D eigenvalue weighted by atomic mass is 10.1. The molecule has 2 heterocycles. The third kappa shape index (κ3) is 9.39. The maximum Gasteiger partial charge on any atom is 0.262 e. The normalized spacial score (nSPS) is 13.3. The van der Waals surface area contributed by atoms with Crippen molar-refractivity contribution in [3.05, 3.63) is 108 Å². The van der Waals surface area contributed by atoms with E-state index < -0.39 is 11.7 Å². The molecule has 0 saturated carbocycles. The van der Waals surface area contributed by atoms with E-state index in [1.165, 1.54) is 19.4 Å². The van der Waals surface area contributed by atoms with E-state index in [9.17, 15) is 4.79 Å². The number of aryl methyl sites for hydroxylation is 2. The number of piperazine rings is 1. The van der Waals surface area contributed by atoms with Gasteiger partial charge in [-0.25, -0.2) is 9.37 Å². The van der Waals surface area contributed by atoms with Crippen LogP contribution < -0.4 is 29.6 Å². The Bertz CT molecular complexity index is 2010. The van der Waals surface area contributed by atoms with Gasteiger partial charge in [-0.15, -0.1) is 0 Å². The summed E-state index contributed by atoms with van der Waals surface area (Å²) in [7, 11) is 5.29. The van der Waals surface area contributed by atoms with Crippen LogP contribution in [0.3, 0.4) is 0 Å². The Labute approximate surface area is 309 Å². The molecule has 276 valence electrons. The number of hydrogen-bond acceptors (Lipinski definition) is 10. The number of ether oxygens (including phenoxy) is 4. The summed E-state index contributed by atoms with van der Waals surface area (Å²) < 4.78 is 38.2. The molecule has 1 saturated heterocycles. The smallest absolute Gasteiger partial charge is 0.262 e. The Hall–Kier alpha value is -5.72. The number of methoxy groups -OCH3 is 2. The van der Waals surface area contributed by atoms with Gasteiger partial charge in [0.25, 0.3) is 5.91 Å². The fraction of sp³-hybridized carbons (Fsp3) is 0.293. The lowest BCUT2D eigenvalue weighted by Crippen LogP contribution is -2.44. The average molecular weight is 721 g/mol. The first-order valence-electron chi connectivity index (χ1n) is 17.6. The van der Waals surface area contributed by atoms with Crippen molar-refractivity contribution in [2.45, 2.75) is 20.3 Å². The van der Waals surface area contributed by atoms with Gasteiger partial charge in [-0.3, -0.25) is 4.79 Å². The van der Waals surface area contributed by atoms with Crippen LogP contribution in [-0.4, -0.2) is 86.3 Å². The van der Waals surface area contributed by atoms with Crippen LogP contribution in [0.25, 0.3) is 11.1 Å². The molecule has 1 fully saturated rings. The molecule has 0 unspecified atom stereocenters. The zero-order valence-electron chi connectivity index (χ0n) is 30.7. The van der Waals surface area contributed by atoms with E-state index >= 15 is 4.39 Å². The molecule has 0 atom stereocenters. The van der Waals surface area contributed by atoms with Crippen LogP contribution in [0.2, 0.25) is 0 Å². The lowest BCUT2D eigenvalue weighted by molar-refractivity contribution is 0.102. The van der Waals surface area contributed by atoms with Crippen LogP contribution in [0.1, 0.15) is 27.9 Å². The minimum Gasteiger partial charge on any atom is -0.497 e. The maximum atomic E-state index is 15.1. The number of aromatic nitrogens is 2. The number of benzene rings is 4. The molecule has 0 aliphatic carbocycles. The van der Waals surface area contributed by atoms with Gasteiger partial charge in [0, 0.05) is 56.4 Å². The number of anilines is 3. The summed E-state index contributed by atoms with van der Waals surface area (Å²) in [6, 6.07) is 23.5. The number of likely N-dealkylation sites (N-methyl/N-ethyl adjacent to an activating group) is 1. The molecule has 0 spiro atoms. The second kappa shape index (κ2) is 17.2. The number of halogens is 1. The van der Waals surface area contributed by atoms with Gasteiger partial charge in [-0.1, -0.05) is 36.4 Å². The molecule has 53 heavy (non-hydrogen) atoms. The number of para-hydroxylation sites is 1. The third-order valence-electron chi connectivity index (χ3n) is 9.17. The molecule has 5 aromatic rings. The highest BCUT2D eigenvalue weighted by Crippen LogP contribution is 2.37. The van der Waals surface area contributed by atoms with Crippen LogP contribution in [-0.2, 0) is 0 Å². The third-order valence-corrected chi connectivity index (χ3v) is 9.17. The topological polar surface area (TPSA) is 110 Å². The number of amides is 1. The van der Waals surface area contributed by atoms with Gasteiger partial charge in [-0.2, -0.15) is 4.98 Å². The van der Waals surface area contributed by atoms with Gasteiger partial charge in [0.1, 0.15) is 11.3 Å². The summed E-state index contributed by atoms with van der Waals surface area (Å²) in [5.41, 5.74) is 4.81. The van der Waals surface area contributed by atoms with Crippen molar-refractivity contribution in [2.24, 2.45) is 0 Å². The van der Waals surface area contributed by atoms with Crippen LogP contribution in [0.15, 0.2) is 85.1 Å². The lowest BCUT2D eigenvalue weighted by Gasteiger charge is -2.32. The largest absolute Gasteiger partial charge is 0.497 e. The maximum absolute atomic E-state index is 15.1. The van der Waals surface area contributed by atoms with Gasteiger partial charge in [0.2, 0.25) is 11.8 Å². The highest BCUT2D eigenvalue weighted by atomic mass is 19.1. The van der Waals surface area contributed by atoms with E-state index in [0.717, 1.165) is 67.1 Å². The van der Waals surface area contributed by atoms with Crippen molar-refractivity contribution in [1.82, 2.24) is 19.8 Å². The Kier molecular flexibility index (Phi) is 12.0. The Morgan fingerprint density at radius 1 is 0.849 bits per heavy atom. The molecular formula is C41H45FN6O5. The van der Waals surface area contributed by atoms with Crippen molar-refractivity contribution in [3.8, 4) is 40.0 Å². The molecule has 2 N–H and O–H groups in total. The molecule has 0 radical (unpaired) electrons. The fourth-order valence-electron chi connectivity index (χ4n) is 6.04. The molecule has 12 heteroatoms. The highest BCUT2D eigenvalue weighted by Gasteiger charge is 2.21. The average Bonchev–Trinajstić information content (AvgIpc) is 3.16. The van der Waals surface area contributed by atoms with Crippen LogP contribution in [0.5, 0.6) is 28.9 Å². The second-order valence-corrected chi connectivity index (χ2v) is 12.9. The van der Waals surface area contributed by atoms with E-state index in [4.69, 9.17) is 18.9 Å². The van der Waals surface area contributed by atoms with Crippen molar-refractivity contribution in [1.29, 1.82) is 0 Å². The Morgan fingerprint density at radius 3 is 2.26 bits per heavy atom. The van der Waals surface area contributed by atoms with Gasteiger partial charge in [0.05, 0.1) is 20.8 Å². The van der Waals surface area contributed by atoms with Gasteiger partial charge in [0.15, 0.2) is 23.1 Å². The minimum absolute atomic E-state index is 0.0255. The van der Waals surface area contributed by atoms with Gasteiger partial charge < -0.3 is 39.4 Å². The van der Waals surface area contributed by atoms with Crippen LogP contribution >= 0.6 is 0 Å². The van der Waals surface area contributed by atoms with E-state index in [2.05, 4.69) is 37.4 Å². The van der Waals surface area contributed by atoms with Crippen molar-refractivity contribution < 1.29 is 28.1 Å². The molecule has 6 rings (SSSR count). The summed E-state index contributed by atoms with van der Waals surface area (Å²) in [4.78, 5) is 27.4. The first-order chi connectivity index (χ1) is 25.7. The van der Waals surface area contributed by atoms with E-state index in [1.54, 1.807) is 25.3 Å². The van der Waals surface area contributed by atoms with Crippen LogP contribution in [0.4, 0.5) is 21.7 Å². The zero-order chi connectivity index (χ0) is 37.3. The summed E-state index contributed by atoms with van der Waals surface area (Å²) in [6.45, 7) is 9.33. The SMILES string of the molecule is COc1ccc(-c2ccc(Oc3nc(Nc4ccc(OCCCN5CCN(C)CC5)c(F)c4)ncc3C(=O)Nc3c(C)cccc3C)c(OC)c2)cc1. The quantitative estimate of drug-likeness (QED) is 0.111. The van der Waals surface area contributed by atoms with Crippen LogP contribution in [0, 0.1) is 19.7 Å². The number of hydrogen-bond donors (Lipinski definition) is 2. The minimum atomic E-state index is -0.516. The summed E-state index contributed by atoms with van der Waals surface area (Å²) in [6.07, 6.45) is 2.18. The van der Waals surface area contributed by atoms with Crippen molar-refractivity contribution in [2.75, 3.05) is 71.2 Å². The molecule has 1 aliphatic rings. The molecule has 0 bridgehead atoms. The predicted octanol–water partition coefficient (Wildman–Crippen LogP) is 7.72. The Morgan fingerprint density at radius 2 is 1.57 bits per heavy atom. The molecule has 4 aromatic carbocycles. The molecular weight excluding hydrogens is 675 g/mol. The fourth-order valence-corrected chi connectivity index (χ4v) is 6.04. The number of carbonyl (C=O) groups excluding carboxylic acids is 1. The van der Waals surface area contributed by atoms with Gasteiger partial charge >= 0.3 is 0 Å². The summed E-state index contributed by atoms with van der Waals surface area (Å²) >= 11 is 0. The van der Waals surface area contributed by atoms with E-state index in [1.807, 2.05) is 68.4 Å². The first-order valence-corrected chi connectivity index (χ1v) is 17.6. The molecule has 1 amide bonds. The zero-order valence-corrected chi connectivity index (χ0v) is 30.7. The van der Waals surface area contributed by atoms with E-state index in [-0.39, 0.29) is 23.1 Å². The molecule has 1 aromatic heterocycles. The van der Waals surface area contributed by atoms with Crippen molar-refractivity contribution >= 4 is 23.2 Å². The highest BCUT2D eigenvalue weighted by molar-refractivity contribution is 6.06. The van der Waals surface area contributed by atoms with Gasteiger partial charge in [-0.05, 0) is 86.0 Å². The standard InChI is InChI=1S/C41H45FN6O5/c1-27-8-6-9-28(2)38(27)45-39(49)33-26-43-41(44-31-13-17-35(34(42)25-31)52-23-7-18-48-21-19-47(3)20-22-48)46-40(33)53-36-16-12-30(24-37(36)51-5)29-10-14-32(50-4)15-11-29/h6,8-17,24-26H,7,18-23H2,1-5H3,(H,45,49)(H,43,44,46). The summed E-state index contributed by atoms with van der Waals surface area (Å²) in [5, 5.41) is 6.02.